The van der Waals surface area contributed by atoms with Gasteiger partial charge in [-0.3, -0.25) is 0 Å². The SMILES string of the molecule is c1ncn(C2CCCSC2)c1C1CCCN1. The summed E-state index contributed by atoms with van der Waals surface area (Å²) in [6.07, 6.45) is 9.34. The molecular formula is C12H19N3S. The summed E-state index contributed by atoms with van der Waals surface area (Å²) in [7, 11) is 0. The highest BCUT2D eigenvalue weighted by Crippen LogP contribution is 2.31. The zero-order valence-electron chi connectivity index (χ0n) is 9.56. The van der Waals surface area contributed by atoms with E-state index in [0.29, 0.717) is 12.1 Å². The summed E-state index contributed by atoms with van der Waals surface area (Å²) in [5, 5.41) is 3.57. The van der Waals surface area contributed by atoms with Gasteiger partial charge in [-0.15, -0.1) is 0 Å². The Hall–Kier alpha value is -0.480. The molecule has 0 radical (unpaired) electrons. The van der Waals surface area contributed by atoms with Crippen molar-refractivity contribution in [3.8, 4) is 0 Å². The first kappa shape index (κ1) is 10.7. The number of imidazole rings is 1. The van der Waals surface area contributed by atoms with E-state index in [4.69, 9.17) is 0 Å². The van der Waals surface area contributed by atoms with E-state index in [1.54, 1.807) is 0 Å². The molecule has 0 aliphatic carbocycles. The van der Waals surface area contributed by atoms with Gasteiger partial charge < -0.3 is 9.88 Å². The van der Waals surface area contributed by atoms with Crippen LogP contribution in [0.1, 0.15) is 43.5 Å². The summed E-state index contributed by atoms with van der Waals surface area (Å²) in [6.45, 7) is 1.16. The third-order valence-corrected chi connectivity index (χ3v) is 4.84. The molecule has 16 heavy (non-hydrogen) atoms. The van der Waals surface area contributed by atoms with E-state index in [0.717, 1.165) is 6.54 Å². The molecule has 2 atom stereocenters. The fourth-order valence-electron chi connectivity index (χ4n) is 2.77. The number of thioether (sulfide) groups is 1. The van der Waals surface area contributed by atoms with Gasteiger partial charge in [0.25, 0.3) is 0 Å². The quantitative estimate of drug-likeness (QED) is 0.856. The first-order chi connectivity index (χ1) is 7.95. The van der Waals surface area contributed by atoms with Crippen LogP contribution in [0.25, 0.3) is 0 Å². The van der Waals surface area contributed by atoms with Crippen molar-refractivity contribution in [2.75, 3.05) is 18.1 Å². The van der Waals surface area contributed by atoms with Crippen LogP contribution in [0, 0.1) is 0 Å². The number of aromatic nitrogens is 2. The van der Waals surface area contributed by atoms with Crippen LogP contribution in [0.4, 0.5) is 0 Å². The van der Waals surface area contributed by atoms with E-state index in [-0.39, 0.29) is 0 Å². The van der Waals surface area contributed by atoms with Crippen molar-refractivity contribution in [3.05, 3.63) is 18.2 Å². The number of rotatable bonds is 2. The lowest BCUT2D eigenvalue weighted by molar-refractivity contribution is 0.460. The molecule has 2 aliphatic rings. The minimum absolute atomic E-state index is 0.550. The predicted molar refractivity (Wildman–Crippen MR) is 67.8 cm³/mol. The Labute approximate surface area is 101 Å². The summed E-state index contributed by atoms with van der Waals surface area (Å²) in [6, 6.07) is 1.23. The average Bonchev–Trinajstić information content (AvgIpc) is 3.01. The fourth-order valence-corrected chi connectivity index (χ4v) is 3.91. The van der Waals surface area contributed by atoms with E-state index in [1.165, 1.54) is 42.9 Å². The molecule has 88 valence electrons. The van der Waals surface area contributed by atoms with Crippen LogP contribution in [0.15, 0.2) is 12.5 Å². The summed E-state index contributed by atoms with van der Waals surface area (Å²) < 4.78 is 2.43. The van der Waals surface area contributed by atoms with Crippen molar-refractivity contribution in [1.82, 2.24) is 14.9 Å². The molecule has 3 nitrogen and oxygen atoms in total. The molecule has 0 spiro atoms. The molecule has 2 aliphatic heterocycles. The van der Waals surface area contributed by atoms with Crippen molar-refractivity contribution in [1.29, 1.82) is 0 Å². The molecule has 1 aromatic rings. The van der Waals surface area contributed by atoms with Crippen molar-refractivity contribution in [2.45, 2.75) is 37.8 Å². The standard InChI is InChI=1S/C12H19N3S/c1-4-11(14-5-1)12-7-13-9-15(12)10-3-2-6-16-8-10/h7,9-11,14H,1-6,8H2. The van der Waals surface area contributed by atoms with Crippen molar-refractivity contribution >= 4 is 11.8 Å². The van der Waals surface area contributed by atoms with Gasteiger partial charge in [-0.1, -0.05) is 0 Å². The monoisotopic (exact) mass is 237 g/mol. The maximum absolute atomic E-state index is 4.36. The van der Waals surface area contributed by atoms with Gasteiger partial charge in [-0.2, -0.15) is 11.8 Å². The predicted octanol–water partition coefficient (Wildman–Crippen LogP) is 2.38. The second-order valence-corrected chi connectivity index (χ2v) is 5.90. The number of hydrogen-bond donors (Lipinski definition) is 1. The lowest BCUT2D eigenvalue weighted by Crippen LogP contribution is -2.22. The minimum atomic E-state index is 0.550. The Kier molecular flexibility index (Phi) is 3.20. The maximum atomic E-state index is 4.36. The van der Waals surface area contributed by atoms with Crippen LogP contribution in [0.5, 0.6) is 0 Å². The summed E-state index contributed by atoms with van der Waals surface area (Å²) >= 11 is 2.08. The zero-order chi connectivity index (χ0) is 10.8. The van der Waals surface area contributed by atoms with E-state index >= 15 is 0 Å². The van der Waals surface area contributed by atoms with Gasteiger partial charge in [0.1, 0.15) is 0 Å². The lowest BCUT2D eigenvalue weighted by atomic mass is 10.1. The van der Waals surface area contributed by atoms with Crippen LogP contribution >= 0.6 is 11.8 Å². The zero-order valence-corrected chi connectivity index (χ0v) is 10.4. The minimum Gasteiger partial charge on any atom is -0.329 e. The second-order valence-electron chi connectivity index (χ2n) is 4.75. The van der Waals surface area contributed by atoms with Crippen molar-refractivity contribution in [2.24, 2.45) is 0 Å². The Bertz CT molecular complexity index is 338. The van der Waals surface area contributed by atoms with E-state index in [2.05, 4.69) is 32.8 Å². The van der Waals surface area contributed by atoms with Crippen LogP contribution in [0.2, 0.25) is 0 Å². The topological polar surface area (TPSA) is 29.9 Å². The Morgan fingerprint density at radius 3 is 3.12 bits per heavy atom. The van der Waals surface area contributed by atoms with Gasteiger partial charge in [0.2, 0.25) is 0 Å². The van der Waals surface area contributed by atoms with Crippen LogP contribution in [-0.4, -0.2) is 27.6 Å². The summed E-state index contributed by atoms with van der Waals surface area (Å²) in [5.41, 5.74) is 1.41. The highest BCUT2D eigenvalue weighted by atomic mass is 32.2. The van der Waals surface area contributed by atoms with Gasteiger partial charge in [0.05, 0.1) is 12.0 Å². The maximum Gasteiger partial charge on any atom is 0.0951 e. The molecule has 0 bridgehead atoms. The van der Waals surface area contributed by atoms with Gasteiger partial charge in [-0.25, -0.2) is 4.98 Å². The first-order valence-corrected chi connectivity index (χ1v) is 7.43. The molecule has 0 aromatic carbocycles. The number of nitrogens with zero attached hydrogens (tertiary/aromatic N) is 2. The van der Waals surface area contributed by atoms with Gasteiger partial charge >= 0.3 is 0 Å². The van der Waals surface area contributed by atoms with Crippen molar-refractivity contribution in [3.63, 3.8) is 0 Å². The molecule has 3 heterocycles. The molecule has 1 N–H and O–H groups in total. The number of nitrogens with one attached hydrogen (secondary N) is 1. The molecule has 4 heteroatoms. The van der Waals surface area contributed by atoms with Gasteiger partial charge in [0.15, 0.2) is 0 Å². The largest absolute Gasteiger partial charge is 0.329 e. The van der Waals surface area contributed by atoms with Crippen LogP contribution in [-0.2, 0) is 0 Å². The fraction of sp³-hybridized carbons (Fsp3) is 0.750. The van der Waals surface area contributed by atoms with Gasteiger partial charge in [0, 0.05) is 24.0 Å². The Morgan fingerprint density at radius 1 is 1.38 bits per heavy atom. The highest BCUT2D eigenvalue weighted by molar-refractivity contribution is 7.99. The lowest BCUT2D eigenvalue weighted by Gasteiger charge is -2.26. The molecule has 1 aromatic heterocycles. The average molecular weight is 237 g/mol. The molecular weight excluding hydrogens is 218 g/mol. The van der Waals surface area contributed by atoms with E-state index in [1.807, 2.05) is 6.33 Å². The second kappa shape index (κ2) is 4.80. The third-order valence-electron chi connectivity index (χ3n) is 3.64. The highest BCUT2D eigenvalue weighted by Gasteiger charge is 2.24. The Balaban J connectivity index is 1.80. The Morgan fingerprint density at radius 2 is 2.38 bits per heavy atom. The first-order valence-electron chi connectivity index (χ1n) is 6.28. The van der Waals surface area contributed by atoms with Crippen LogP contribution in [0.3, 0.4) is 0 Å². The molecule has 2 saturated heterocycles. The molecule has 0 saturated carbocycles. The summed E-state index contributed by atoms with van der Waals surface area (Å²) in [5.74, 6) is 2.60. The molecule has 2 unspecified atom stereocenters. The van der Waals surface area contributed by atoms with E-state index < -0.39 is 0 Å². The van der Waals surface area contributed by atoms with Crippen LogP contribution < -0.4 is 5.32 Å². The molecule has 0 amide bonds. The third kappa shape index (κ3) is 2.00. The summed E-state index contributed by atoms with van der Waals surface area (Å²) in [4.78, 5) is 4.36. The normalized spacial score (nSPS) is 30.8. The molecule has 3 rings (SSSR count). The van der Waals surface area contributed by atoms with Gasteiger partial charge in [-0.05, 0) is 38.0 Å². The van der Waals surface area contributed by atoms with Crippen molar-refractivity contribution < 1.29 is 0 Å². The van der Waals surface area contributed by atoms with E-state index in [9.17, 15) is 0 Å². The number of hydrogen-bond acceptors (Lipinski definition) is 3. The molecule has 2 fully saturated rings. The smallest absolute Gasteiger partial charge is 0.0951 e.